The number of ether oxygens (including phenoxy) is 3. The van der Waals surface area contributed by atoms with E-state index >= 15 is 0 Å². The number of aliphatic imine (C=N–C) groups is 1. The van der Waals surface area contributed by atoms with E-state index in [1.807, 2.05) is 7.05 Å². The van der Waals surface area contributed by atoms with Gasteiger partial charge in [-0.3, -0.25) is 4.99 Å². The molecular formula is C21H40N4O3. The Hall–Kier alpha value is -0.890. The van der Waals surface area contributed by atoms with Crippen molar-refractivity contribution < 1.29 is 14.2 Å². The standard InChI is InChI=1S/C21H40N4O3/c1-22-21(23-8-2-11-27-16-18-5-12-26-13-6-18)24-20-3-9-25(10-4-20)15-19-7-14-28-17-19/h18-20H,2-17H2,1H3,(H2,22,23,24). The zero-order valence-electron chi connectivity index (χ0n) is 17.7. The summed E-state index contributed by atoms with van der Waals surface area (Å²) in [4.78, 5) is 6.99. The first-order chi connectivity index (χ1) is 13.8. The van der Waals surface area contributed by atoms with Crippen molar-refractivity contribution in [1.29, 1.82) is 0 Å². The fraction of sp³-hybridized carbons (Fsp3) is 0.952. The van der Waals surface area contributed by atoms with E-state index in [0.29, 0.717) is 12.0 Å². The van der Waals surface area contributed by atoms with Crippen LogP contribution in [-0.2, 0) is 14.2 Å². The van der Waals surface area contributed by atoms with Gasteiger partial charge >= 0.3 is 0 Å². The molecule has 0 bridgehead atoms. The molecule has 3 rings (SSSR count). The number of hydrogen-bond donors (Lipinski definition) is 2. The number of piperidine rings is 1. The Morgan fingerprint density at radius 3 is 2.50 bits per heavy atom. The summed E-state index contributed by atoms with van der Waals surface area (Å²) in [5.74, 6) is 2.35. The molecule has 3 aliphatic heterocycles. The number of likely N-dealkylation sites (tertiary alicyclic amines) is 1. The van der Waals surface area contributed by atoms with Gasteiger partial charge in [0.15, 0.2) is 5.96 Å². The van der Waals surface area contributed by atoms with Gasteiger partial charge in [-0.15, -0.1) is 0 Å². The Balaban J connectivity index is 1.20. The van der Waals surface area contributed by atoms with Crippen molar-refractivity contribution in [2.24, 2.45) is 16.8 Å². The predicted molar refractivity (Wildman–Crippen MR) is 112 cm³/mol. The summed E-state index contributed by atoms with van der Waals surface area (Å²) in [6, 6.07) is 0.520. The third kappa shape index (κ3) is 7.85. The zero-order chi connectivity index (χ0) is 19.4. The largest absolute Gasteiger partial charge is 0.381 e. The third-order valence-electron chi connectivity index (χ3n) is 6.14. The first kappa shape index (κ1) is 21.8. The molecular weight excluding hydrogens is 356 g/mol. The Morgan fingerprint density at radius 1 is 1.04 bits per heavy atom. The van der Waals surface area contributed by atoms with Crippen molar-refractivity contribution in [2.45, 2.75) is 44.6 Å². The van der Waals surface area contributed by atoms with E-state index in [-0.39, 0.29) is 0 Å². The molecule has 2 N–H and O–H groups in total. The minimum atomic E-state index is 0.520. The van der Waals surface area contributed by atoms with Gasteiger partial charge in [-0.25, -0.2) is 0 Å². The summed E-state index contributed by atoms with van der Waals surface area (Å²) in [5.41, 5.74) is 0. The quantitative estimate of drug-likeness (QED) is 0.350. The molecule has 7 nitrogen and oxygen atoms in total. The van der Waals surface area contributed by atoms with E-state index in [4.69, 9.17) is 14.2 Å². The van der Waals surface area contributed by atoms with Crippen LogP contribution in [0.15, 0.2) is 4.99 Å². The van der Waals surface area contributed by atoms with E-state index in [2.05, 4.69) is 20.5 Å². The van der Waals surface area contributed by atoms with E-state index in [9.17, 15) is 0 Å². The molecule has 162 valence electrons. The van der Waals surface area contributed by atoms with E-state index in [1.54, 1.807) is 0 Å². The second-order valence-electron chi connectivity index (χ2n) is 8.43. The van der Waals surface area contributed by atoms with Crippen LogP contribution in [0.5, 0.6) is 0 Å². The van der Waals surface area contributed by atoms with Gasteiger partial charge < -0.3 is 29.7 Å². The van der Waals surface area contributed by atoms with Crippen LogP contribution in [0, 0.1) is 11.8 Å². The highest BCUT2D eigenvalue weighted by molar-refractivity contribution is 5.79. The number of rotatable bonds is 9. The lowest BCUT2D eigenvalue weighted by molar-refractivity contribution is 0.0203. The molecule has 1 atom stereocenters. The first-order valence-electron chi connectivity index (χ1n) is 11.3. The van der Waals surface area contributed by atoms with Gasteiger partial charge in [0.25, 0.3) is 0 Å². The maximum Gasteiger partial charge on any atom is 0.191 e. The number of guanidine groups is 1. The molecule has 0 aliphatic carbocycles. The third-order valence-corrected chi connectivity index (χ3v) is 6.14. The molecule has 3 heterocycles. The maximum absolute atomic E-state index is 5.83. The average Bonchev–Trinajstić information content (AvgIpc) is 3.25. The van der Waals surface area contributed by atoms with Gasteiger partial charge in [-0.1, -0.05) is 0 Å². The second-order valence-corrected chi connectivity index (χ2v) is 8.43. The Kier molecular flexibility index (Phi) is 9.83. The van der Waals surface area contributed by atoms with E-state index in [0.717, 1.165) is 77.3 Å². The fourth-order valence-corrected chi connectivity index (χ4v) is 4.28. The smallest absolute Gasteiger partial charge is 0.191 e. The van der Waals surface area contributed by atoms with E-state index in [1.165, 1.54) is 38.9 Å². The Morgan fingerprint density at radius 2 is 1.79 bits per heavy atom. The summed E-state index contributed by atoms with van der Waals surface area (Å²) < 4.78 is 16.7. The van der Waals surface area contributed by atoms with Crippen LogP contribution in [0.25, 0.3) is 0 Å². The highest BCUT2D eigenvalue weighted by Crippen LogP contribution is 2.18. The SMILES string of the molecule is CN=C(NCCCOCC1CCOCC1)NC1CCN(CC2CCOC2)CC1. The summed E-state index contributed by atoms with van der Waals surface area (Å²) >= 11 is 0. The van der Waals surface area contributed by atoms with Crippen LogP contribution in [0.2, 0.25) is 0 Å². The molecule has 1 unspecified atom stereocenters. The minimum absolute atomic E-state index is 0.520. The Labute approximate surface area is 170 Å². The number of nitrogens with zero attached hydrogens (tertiary/aromatic N) is 2. The van der Waals surface area contributed by atoms with Gasteiger partial charge in [0, 0.05) is 72.3 Å². The molecule has 0 saturated carbocycles. The van der Waals surface area contributed by atoms with Gasteiger partial charge in [-0.05, 0) is 50.4 Å². The van der Waals surface area contributed by atoms with Crippen LogP contribution < -0.4 is 10.6 Å². The molecule has 0 radical (unpaired) electrons. The average molecular weight is 397 g/mol. The molecule has 3 saturated heterocycles. The molecule has 3 aliphatic rings. The topological polar surface area (TPSA) is 67.4 Å². The maximum atomic E-state index is 5.83. The Bertz CT molecular complexity index is 443. The fourth-order valence-electron chi connectivity index (χ4n) is 4.28. The lowest BCUT2D eigenvalue weighted by atomic mass is 10.0. The van der Waals surface area contributed by atoms with Crippen molar-refractivity contribution >= 4 is 5.96 Å². The van der Waals surface area contributed by atoms with Crippen molar-refractivity contribution in [3.8, 4) is 0 Å². The van der Waals surface area contributed by atoms with Crippen molar-refractivity contribution in [2.75, 3.05) is 72.9 Å². The predicted octanol–water partition coefficient (Wildman–Crippen LogP) is 1.49. The lowest BCUT2D eigenvalue weighted by Gasteiger charge is -2.34. The highest BCUT2D eigenvalue weighted by Gasteiger charge is 2.24. The van der Waals surface area contributed by atoms with Crippen LogP contribution in [0.3, 0.4) is 0 Å². The normalized spacial score (nSPS) is 25.9. The monoisotopic (exact) mass is 396 g/mol. The van der Waals surface area contributed by atoms with Gasteiger partial charge in [-0.2, -0.15) is 0 Å². The summed E-state index contributed by atoms with van der Waals surface area (Å²) in [6.07, 6.45) is 6.88. The molecule has 0 spiro atoms. The molecule has 7 heteroatoms. The van der Waals surface area contributed by atoms with Gasteiger partial charge in [0.05, 0.1) is 6.61 Å². The summed E-state index contributed by atoms with van der Waals surface area (Å²) in [7, 11) is 1.85. The minimum Gasteiger partial charge on any atom is -0.381 e. The van der Waals surface area contributed by atoms with Crippen LogP contribution in [-0.4, -0.2) is 89.8 Å². The van der Waals surface area contributed by atoms with E-state index < -0.39 is 0 Å². The molecule has 0 aromatic rings. The molecule has 3 fully saturated rings. The molecule has 0 amide bonds. The van der Waals surface area contributed by atoms with Gasteiger partial charge in [0.2, 0.25) is 0 Å². The number of nitrogens with one attached hydrogen (secondary N) is 2. The molecule has 0 aromatic heterocycles. The van der Waals surface area contributed by atoms with Crippen molar-refractivity contribution in [3.63, 3.8) is 0 Å². The van der Waals surface area contributed by atoms with Crippen molar-refractivity contribution in [3.05, 3.63) is 0 Å². The summed E-state index contributed by atoms with van der Waals surface area (Å²) in [6.45, 7) is 9.82. The van der Waals surface area contributed by atoms with Crippen LogP contribution in [0.4, 0.5) is 0 Å². The summed E-state index contributed by atoms with van der Waals surface area (Å²) in [5, 5.41) is 7.03. The van der Waals surface area contributed by atoms with Crippen molar-refractivity contribution in [1.82, 2.24) is 15.5 Å². The van der Waals surface area contributed by atoms with Crippen LogP contribution in [0.1, 0.15) is 38.5 Å². The second kappa shape index (κ2) is 12.6. The van der Waals surface area contributed by atoms with Gasteiger partial charge in [0.1, 0.15) is 0 Å². The zero-order valence-corrected chi connectivity index (χ0v) is 17.7. The molecule has 0 aromatic carbocycles. The first-order valence-corrected chi connectivity index (χ1v) is 11.3. The number of hydrogen-bond acceptors (Lipinski definition) is 5. The highest BCUT2D eigenvalue weighted by atomic mass is 16.5. The molecule has 28 heavy (non-hydrogen) atoms. The van der Waals surface area contributed by atoms with Crippen LogP contribution >= 0.6 is 0 Å². The lowest BCUT2D eigenvalue weighted by Crippen LogP contribution is -2.49.